The summed E-state index contributed by atoms with van der Waals surface area (Å²) in [5, 5.41) is 0. The first kappa shape index (κ1) is 7.41. The van der Waals surface area contributed by atoms with Gasteiger partial charge in [-0.2, -0.15) is 0 Å². The molecule has 0 N–H and O–H groups in total. The van der Waals surface area contributed by atoms with Gasteiger partial charge in [-0.05, 0) is 61.7 Å². The van der Waals surface area contributed by atoms with Crippen molar-refractivity contribution in [1.29, 1.82) is 0 Å². The molecule has 0 radical (unpaired) electrons. The summed E-state index contributed by atoms with van der Waals surface area (Å²) in [4.78, 5) is 0. The van der Waals surface area contributed by atoms with E-state index in [2.05, 4.69) is 6.92 Å². The van der Waals surface area contributed by atoms with Gasteiger partial charge in [0.2, 0.25) is 0 Å². The maximum absolute atomic E-state index is 2.41. The molecule has 0 aromatic carbocycles. The van der Waals surface area contributed by atoms with Gasteiger partial charge in [-0.15, -0.1) is 0 Å². The van der Waals surface area contributed by atoms with Crippen LogP contribution in [0.2, 0.25) is 0 Å². The second-order valence-corrected chi connectivity index (χ2v) is 5.46. The highest BCUT2D eigenvalue weighted by atomic mass is 14.6. The maximum Gasteiger partial charge on any atom is -0.0238 e. The highest BCUT2D eigenvalue weighted by molar-refractivity contribution is 5.07. The molecule has 4 atom stereocenters. The van der Waals surface area contributed by atoms with Gasteiger partial charge >= 0.3 is 0 Å². The van der Waals surface area contributed by atoms with Gasteiger partial charge in [-0.1, -0.05) is 13.3 Å². The third-order valence-corrected chi connectivity index (χ3v) is 5.29. The molecule has 0 heterocycles. The summed E-state index contributed by atoms with van der Waals surface area (Å²) in [5.74, 6) is 3.44. The zero-order chi connectivity index (χ0) is 8.18. The van der Waals surface area contributed by atoms with E-state index in [4.69, 9.17) is 0 Å². The van der Waals surface area contributed by atoms with Crippen LogP contribution < -0.4 is 0 Å². The van der Waals surface area contributed by atoms with Crippen LogP contribution in [0.4, 0.5) is 0 Å². The Morgan fingerprint density at radius 3 is 2.92 bits per heavy atom. The lowest BCUT2D eigenvalue weighted by atomic mass is 9.71. The Morgan fingerprint density at radius 2 is 2.17 bits per heavy atom. The van der Waals surface area contributed by atoms with E-state index in [1.54, 1.807) is 38.5 Å². The predicted octanol–water partition coefficient (Wildman–Crippen LogP) is 3.61. The van der Waals surface area contributed by atoms with Gasteiger partial charge in [0.05, 0.1) is 0 Å². The Hall–Kier alpha value is 0. The molecule has 3 rings (SSSR count). The number of hydrogen-bond donors (Lipinski definition) is 0. The van der Waals surface area contributed by atoms with Gasteiger partial charge in [-0.25, -0.2) is 0 Å². The normalized spacial score (nSPS) is 56.2. The summed E-state index contributed by atoms with van der Waals surface area (Å²) in [7, 11) is 0. The topological polar surface area (TPSA) is 0 Å². The minimum Gasteiger partial charge on any atom is -0.0651 e. The monoisotopic (exact) mass is 164 g/mol. The van der Waals surface area contributed by atoms with Crippen molar-refractivity contribution in [1.82, 2.24) is 0 Å². The molecule has 4 unspecified atom stereocenters. The van der Waals surface area contributed by atoms with Crippen LogP contribution in [0, 0.1) is 23.2 Å². The smallest absolute Gasteiger partial charge is 0.0238 e. The number of fused-ring (bicyclic) bond motifs is 1. The van der Waals surface area contributed by atoms with Crippen molar-refractivity contribution in [3.8, 4) is 0 Å². The van der Waals surface area contributed by atoms with E-state index in [0.717, 1.165) is 17.3 Å². The van der Waals surface area contributed by atoms with Crippen LogP contribution in [-0.4, -0.2) is 0 Å². The first-order valence-electron chi connectivity index (χ1n) is 5.85. The fourth-order valence-electron chi connectivity index (χ4n) is 4.83. The average Bonchev–Trinajstić information content (AvgIpc) is 2.68. The lowest BCUT2D eigenvalue weighted by Gasteiger charge is -2.34. The second-order valence-electron chi connectivity index (χ2n) is 5.46. The molecule has 0 nitrogen and oxygen atoms in total. The van der Waals surface area contributed by atoms with E-state index in [1.807, 2.05) is 0 Å². The van der Waals surface area contributed by atoms with Crippen molar-refractivity contribution in [2.75, 3.05) is 0 Å². The summed E-state index contributed by atoms with van der Waals surface area (Å²) in [6, 6.07) is 0. The molecule has 0 aromatic heterocycles. The van der Waals surface area contributed by atoms with E-state index in [0.29, 0.717) is 0 Å². The van der Waals surface area contributed by atoms with Crippen molar-refractivity contribution < 1.29 is 0 Å². The van der Waals surface area contributed by atoms with Crippen LogP contribution in [0.25, 0.3) is 0 Å². The van der Waals surface area contributed by atoms with Crippen molar-refractivity contribution in [2.24, 2.45) is 23.2 Å². The average molecular weight is 164 g/mol. The Bertz CT molecular complexity index is 196. The number of hydrogen-bond acceptors (Lipinski definition) is 0. The summed E-state index contributed by atoms with van der Waals surface area (Å²) in [6.45, 7) is 2.41. The Kier molecular flexibility index (Phi) is 1.40. The Labute approximate surface area is 75.7 Å². The van der Waals surface area contributed by atoms with Crippen LogP contribution in [-0.2, 0) is 0 Å². The first-order chi connectivity index (χ1) is 5.85. The van der Waals surface area contributed by atoms with E-state index in [1.165, 1.54) is 12.3 Å². The van der Waals surface area contributed by atoms with Gasteiger partial charge in [-0.3, -0.25) is 0 Å². The third kappa shape index (κ3) is 0.701. The van der Waals surface area contributed by atoms with E-state index >= 15 is 0 Å². The molecular weight excluding hydrogens is 144 g/mol. The van der Waals surface area contributed by atoms with Crippen molar-refractivity contribution in [3.05, 3.63) is 0 Å². The summed E-state index contributed by atoms with van der Waals surface area (Å²) in [6.07, 6.45) is 11.0. The van der Waals surface area contributed by atoms with Crippen molar-refractivity contribution in [2.45, 2.75) is 51.9 Å². The summed E-state index contributed by atoms with van der Waals surface area (Å²) in [5.41, 5.74) is 0.888. The first-order valence-corrected chi connectivity index (χ1v) is 5.85. The molecule has 1 spiro atoms. The van der Waals surface area contributed by atoms with Crippen LogP contribution in [0.15, 0.2) is 0 Å². The van der Waals surface area contributed by atoms with Crippen molar-refractivity contribution in [3.63, 3.8) is 0 Å². The Morgan fingerprint density at radius 1 is 1.25 bits per heavy atom. The SMILES string of the molecule is CCC1CCC2CC3CCC12C3. The fourth-order valence-corrected chi connectivity index (χ4v) is 4.83. The molecule has 3 aliphatic rings. The molecule has 68 valence electrons. The van der Waals surface area contributed by atoms with Crippen LogP contribution in [0.1, 0.15) is 51.9 Å². The van der Waals surface area contributed by atoms with Gasteiger partial charge in [0.25, 0.3) is 0 Å². The minimum atomic E-state index is 0.888. The zero-order valence-electron chi connectivity index (χ0n) is 8.18. The maximum atomic E-state index is 2.41. The lowest BCUT2D eigenvalue weighted by Crippen LogP contribution is -2.26. The predicted molar refractivity (Wildman–Crippen MR) is 50.9 cm³/mol. The molecule has 0 amide bonds. The summed E-state index contributed by atoms with van der Waals surface area (Å²) >= 11 is 0. The standard InChI is InChI=1S/C12H20/c1-2-10-3-4-11-7-9-5-6-12(10,11)8-9/h9-11H,2-8H2,1H3. The second kappa shape index (κ2) is 2.27. The van der Waals surface area contributed by atoms with Gasteiger partial charge in [0.15, 0.2) is 0 Å². The highest BCUT2D eigenvalue weighted by Crippen LogP contribution is 2.67. The highest BCUT2D eigenvalue weighted by Gasteiger charge is 2.57. The fraction of sp³-hybridized carbons (Fsp3) is 1.00. The molecule has 3 saturated carbocycles. The van der Waals surface area contributed by atoms with Gasteiger partial charge in [0, 0.05) is 0 Å². The van der Waals surface area contributed by atoms with E-state index in [-0.39, 0.29) is 0 Å². The Balaban J connectivity index is 1.94. The molecule has 0 aromatic rings. The molecule has 3 fully saturated rings. The molecule has 0 heteroatoms. The number of rotatable bonds is 1. The van der Waals surface area contributed by atoms with Crippen LogP contribution in [0.3, 0.4) is 0 Å². The molecular formula is C12H20. The van der Waals surface area contributed by atoms with Crippen LogP contribution >= 0.6 is 0 Å². The lowest BCUT2D eigenvalue weighted by molar-refractivity contribution is 0.155. The summed E-state index contributed by atoms with van der Waals surface area (Å²) < 4.78 is 0. The molecule has 3 aliphatic carbocycles. The van der Waals surface area contributed by atoms with Crippen LogP contribution in [0.5, 0.6) is 0 Å². The van der Waals surface area contributed by atoms with E-state index < -0.39 is 0 Å². The van der Waals surface area contributed by atoms with Gasteiger partial charge < -0.3 is 0 Å². The quantitative estimate of drug-likeness (QED) is 0.555. The van der Waals surface area contributed by atoms with Gasteiger partial charge in [0.1, 0.15) is 0 Å². The van der Waals surface area contributed by atoms with E-state index in [9.17, 15) is 0 Å². The largest absolute Gasteiger partial charge is 0.0651 e. The molecule has 12 heavy (non-hydrogen) atoms. The zero-order valence-corrected chi connectivity index (χ0v) is 8.18. The molecule has 0 saturated heterocycles. The third-order valence-electron chi connectivity index (χ3n) is 5.29. The molecule has 0 aliphatic heterocycles. The minimum absolute atomic E-state index is 0.888. The van der Waals surface area contributed by atoms with Crippen molar-refractivity contribution >= 4 is 0 Å². The molecule has 2 bridgehead atoms.